The fraction of sp³-hybridized carbons (Fsp3) is 0.263. The van der Waals surface area contributed by atoms with Gasteiger partial charge in [-0.05, 0) is 25.2 Å². The molecular weight excluding hydrogens is 304 g/mol. The number of carbonyl (C=O) groups excluding carboxylic acids is 2. The lowest BCUT2D eigenvalue weighted by Gasteiger charge is -2.22. The molecule has 4 rings (SSSR count). The quantitative estimate of drug-likeness (QED) is 0.762. The van der Waals surface area contributed by atoms with E-state index < -0.39 is 6.04 Å². The van der Waals surface area contributed by atoms with E-state index in [1.807, 2.05) is 43.3 Å². The summed E-state index contributed by atoms with van der Waals surface area (Å²) in [6.07, 6.45) is 1.51. The summed E-state index contributed by atoms with van der Waals surface area (Å²) < 4.78 is 5.91. The molecule has 5 heteroatoms. The van der Waals surface area contributed by atoms with Crippen LogP contribution in [0.5, 0.6) is 0 Å². The fourth-order valence-electron chi connectivity index (χ4n) is 3.30. The number of furan rings is 1. The smallest absolute Gasteiger partial charge is 0.287 e. The molecule has 122 valence electrons. The highest BCUT2D eigenvalue weighted by Gasteiger charge is 2.27. The molecular formula is C19H18N2O3. The standard InChI is InChI=1S/C19H18N2O3/c1-11-13-9-8-12-5-2-3-6-14(12)17(13)24-16(11)19(23)21-15-7-4-10-20-18(15)22/h2-3,5-6,8-9,15H,4,7,10H2,1H3,(H,20,22)(H,21,23). The normalized spacial score (nSPS) is 17.9. The zero-order valence-corrected chi connectivity index (χ0v) is 13.4. The van der Waals surface area contributed by atoms with Gasteiger partial charge in [-0.2, -0.15) is 0 Å². The van der Waals surface area contributed by atoms with Gasteiger partial charge in [-0.25, -0.2) is 0 Å². The predicted molar refractivity (Wildman–Crippen MR) is 92.0 cm³/mol. The van der Waals surface area contributed by atoms with Crippen LogP contribution in [0, 0.1) is 6.92 Å². The number of carbonyl (C=O) groups is 2. The number of nitrogens with one attached hydrogen (secondary N) is 2. The van der Waals surface area contributed by atoms with Crippen LogP contribution in [0.3, 0.4) is 0 Å². The predicted octanol–water partition coefficient (Wildman–Crippen LogP) is 2.90. The van der Waals surface area contributed by atoms with Crippen LogP contribution in [0.1, 0.15) is 29.0 Å². The van der Waals surface area contributed by atoms with Crippen LogP contribution in [0.4, 0.5) is 0 Å². The summed E-state index contributed by atoms with van der Waals surface area (Å²) in [5.41, 5.74) is 1.51. The van der Waals surface area contributed by atoms with E-state index in [-0.39, 0.29) is 17.6 Å². The highest BCUT2D eigenvalue weighted by Crippen LogP contribution is 2.31. The SMILES string of the molecule is Cc1c(C(=O)NC2CCCNC2=O)oc2c1ccc1ccccc12. The number of piperidine rings is 1. The average Bonchev–Trinajstić information content (AvgIpc) is 2.94. The topological polar surface area (TPSA) is 71.3 Å². The summed E-state index contributed by atoms with van der Waals surface area (Å²) in [5.74, 6) is -0.191. The molecule has 24 heavy (non-hydrogen) atoms. The van der Waals surface area contributed by atoms with E-state index in [4.69, 9.17) is 4.42 Å². The van der Waals surface area contributed by atoms with E-state index in [2.05, 4.69) is 10.6 Å². The largest absolute Gasteiger partial charge is 0.450 e. The summed E-state index contributed by atoms with van der Waals surface area (Å²) in [7, 11) is 0. The Balaban J connectivity index is 1.73. The zero-order chi connectivity index (χ0) is 16.7. The van der Waals surface area contributed by atoms with Gasteiger partial charge in [0.05, 0.1) is 0 Å². The van der Waals surface area contributed by atoms with Gasteiger partial charge in [0.2, 0.25) is 5.91 Å². The van der Waals surface area contributed by atoms with Crippen molar-refractivity contribution in [1.29, 1.82) is 0 Å². The molecule has 2 N–H and O–H groups in total. The average molecular weight is 322 g/mol. The van der Waals surface area contributed by atoms with Gasteiger partial charge in [0.25, 0.3) is 5.91 Å². The first-order valence-corrected chi connectivity index (χ1v) is 8.14. The van der Waals surface area contributed by atoms with Crippen molar-refractivity contribution >= 4 is 33.6 Å². The van der Waals surface area contributed by atoms with Gasteiger partial charge in [-0.15, -0.1) is 0 Å². The van der Waals surface area contributed by atoms with E-state index in [9.17, 15) is 9.59 Å². The van der Waals surface area contributed by atoms with Gasteiger partial charge in [-0.1, -0.05) is 36.4 Å². The van der Waals surface area contributed by atoms with Gasteiger partial charge >= 0.3 is 0 Å². The molecule has 3 aromatic rings. The molecule has 1 aliphatic rings. The molecule has 1 unspecified atom stereocenters. The summed E-state index contributed by atoms with van der Waals surface area (Å²) >= 11 is 0. The number of amides is 2. The number of benzene rings is 2. The highest BCUT2D eigenvalue weighted by atomic mass is 16.3. The van der Waals surface area contributed by atoms with Crippen molar-refractivity contribution in [2.24, 2.45) is 0 Å². The number of aryl methyl sites for hydroxylation is 1. The molecule has 5 nitrogen and oxygen atoms in total. The Bertz CT molecular complexity index is 958. The number of rotatable bonds is 2. The van der Waals surface area contributed by atoms with E-state index in [1.54, 1.807) is 0 Å². The Morgan fingerprint density at radius 3 is 2.88 bits per heavy atom. The van der Waals surface area contributed by atoms with Crippen molar-refractivity contribution in [3.8, 4) is 0 Å². The third-order valence-corrected chi connectivity index (χ3v) is 4.63. The second kappa shape index (κ2) is 5.67. The minimum Gasteiger partial charge on any atom is -0.450 e. The van der Waals surface area contributed by atoms with Crippen LogP contribution >= 0.6 is 0 Å². The minimum atomic E-state index is -0.490. The van der Waals surface area contributed by atoms with E-state index in [0.29, 0.717) is 18.5 Å². The van der Waals surface area contributed by atoms with Gasteiger partial charge in [-0.3, -0.25) is 9.59 Å². The second-order valence-electron chi connectivity index (χ2n) is 6.18. The van der Waals surface area contributed by atoms with E-state index in [0.717, 1.165) is 28.1 Å². The monoisotopic (exact) mass is 322 g/mol. The molecule has 0 spiro atoms. The maximum atomic E-state index is 12.6. The molecule has 2 heterocycles. The molecule has 0 aliphatic carbocycles. The molecule has 2 amide bonds. The molecule has 1 aromatic heterocycles. The van der Waals surface area contributed by atoms with Crippen LogP contribution in [-0.2, 0) is 4.79 Å². The van der Waals surface area contributed by atoms with Crippen molar-refractivity contribution in [1.82, 2.24) is 10.6 Å². The number of hydrogen-bond acceptors (Lipinski definition) is 3. The lowest BCUT2D eigenvalue weighted by molar-refractivity contribution is -0.124. The summed E-state index contributed by atoms with van der Waals surface area (Å²) in [6.45, 7) is 2.54. The summed E-state index contributed by atoms with van der Waals surface area (Å²) in [4.78, 5) is 24.4. The fourth-order valence-corrected chi connectivity index (χ4v) is 3.30. The minimum absolute atomic E-state index is 0.131. The molecule has 0 saturated carbocycles. The Morgan fingerprint density at radius 1 is 1.21 bits per heavy atom. The van der Waals surface area contributed by atoms with Crippen LogP contribution in [0.15, 0.2) is 40.8 Å². The maximum absolute atomic E-state index is 12.6. The molecule has 0 bridgehead atoms. The van der Waals surface area contributed by atoms with E-state index >= 15 is 0 Å². The Labute approximate surface area is 139 Å². The Kier molecular flexibility index (Phi) is 3.49. The Morgan fingerprint density at radius 2 is 2.04 bits per heavy atom. The molecule has 1 saturated heterocycles. The van der Waals surface area contributed by atoms with Crippen molar-refractivity contribution < 1.29 is 14.0 Å². The molecule has 1 fully saturated rings. The van der Waals surface area contributed by atoms with Gasteiger partial charge < -0.3 is 15.1 Å². The van der Waals surface area contributed by atoms with Crippen molar-refractivity contribution in [2.45, 2.75) is 25.8 Å². The van der Waals surface area contributed by atoms with E-state index in [1.165, 1.54) is 0 Å². The summed E-state index contributed by atoms with van der Waals surface area (Å²) in [6, 6.07) is 11.4. The molecule has 2 aromatic carbocycles. The summed E-state index contributed by atoms with van der Waals surface area (Å²) in [5, 5.41) is 8.53. The van der Waals surface area contributed by atoms with Crippen LogP contribution in [-0.4, -0.2) is 24.4 Å². The molecule has 1 atom stereocenters. The van der Waals surface area contributed by atoms with Gasteiger partial charge in [0.1, 0.15) is 11.6 Å². The van der Waals surface area contributed by atoms with Gasteiger partial charge in [0, 0.05) is 22.9 Å². The first-order chi connectivity index (χ1) is 11.6. The maximum Gasteiger partial charge on any atom is 0.287 e. The van der Waals surface area contributed by atoms with Crippen LogP contribution < -0.4 is 10.6 Å². The molecule has 0 radical (unpaired) electrons. The first kappa shape index (κ1) is 14.8. The highest BCUT2D eigenvalue weighted by molar-refractivity contribution is 6.09. The third-order valence-electron chi connectivity index (χ3n) is 4.63. The number of fused-ring (bicyclic) bond motifs is 3. The lowest BCUT2D eigenvalue weighted by atomic mass is 10.0. The Hall–Kier alpha value is -2.82. The number of hydrogen-bond donors (Lipinski definition) is 2. The molecule has 1 aliphatic heterocycles. The first-order valence-electron chi connectivity index (χ1n) is 8.14. The third kappa shape index (κ3) is 2.33. The van der Waals surface area contributed by atoms with Crippen LogP contribution in [0.25, 0.3) is 21.7 Å². The second-order valence-corrected chi connectivity index (χ2v) is 6.18. The van der Waals surface area contributed by atoms with Gasteiger partial charge in [0.15, 0.2) is 5.76 Å². The lowest BCUT2D eigenvalue weighted by Crippen LogP contribution is -2.50. The van der Waals surface area contributed by atoms with Crippen molar-refractivity contribution in [2.75, 3.05) is 6.54 Å². The van der Waals surface area contributed by atoms with Crippen molar-refractivity contribution in [3.63, 3.8) is 0 Å². The van der Waals surface area contributed by atoms with Crippen molar-refractivity contribution in [3.05, 3.63) is 47.7 Å². The van der Waals surface area contributed by atoms with Crippen LogP contribution in [0.2, 0.25) is 0 Å². The zero-order valence-electron chi connectivity index (χ0n) is 13.4.